The molecule has 6 nitrogen and oxygen atoms in total. The van der Waals surface area contributed by atoms with Crippen molar-refractivity contribution in [1.82, 2.24) is 19.8 Å². The van der Waals surface area contributed by atoms with E-state index in [1.807, 2.05) is 65.4 Å². The summed E-state index contributed by atoms with van der Waals surface area (Å²) < 4.78 is 0. The number of hydrogen-bond acceptors (Lipinski definition) is 4. The van der Waals surface area contributed by atoms with Crippen molar-refractivity contribution in [3.05, 3.63) is 76.3 Å². The number of carbonyl (C=O) groups excluding carboxylic acids is 1. The fourth-order valence-electron chi connectivity index (χ4n) is 3.87. The van der Waals surface area contributed by atoms with Crippen molar-refractivity contribution in [2.75, 3.05) is 20.1 Å². The van der Waals surface area contributed by atoms with Gasteiger partial charge >= 0.3 is 0 Å². The molecular formula is C22H24N4O2. The number of fused-ring (bicyclic) bond motifs is 1. The van der Waals surface area contributed by atoms with Crippen LogP contribution in [-0.2, 0) is 11.3 Å². The van der Waals surface area contributed by atoms with Gasteiger partial charge in [0.25, 0.3) is 5.56 Å². The fourth-order valence-corrected chi connectivity index (χ4v) is 3.87. The Balaban J connectivity index is 1.65. The first-order valence-corrected chi connectivity index (χ1v) is 9.65. The fraction of sp³-hybridized carbons (Fsp3) is 0.318. The highest BCUT2D eigenvalue weighted by Gasteiger charge is 2.31. The summed E-state index contributed by atoms with van der Waals surface area (Å²) in [6.07, 6.45) is 2.10. The first-order chi connectivity index (χ1) is 13.6. The lowest BCUT2D eigenvalue weighted by atomic mass is 10.0. The molecule has 1 atom stereocenters. The van der Waals surface area contributed by atoms with Gasteiger partial charge in [-0.3, -0.25) is 14.5 Å². The Kier molecular flexibility index (Phi) is 5.21. The van der Waals surface area contributed by atoms with E-state index in [1.54, 1.807) is 6.07 Å². The number of nitrogens with one attached hydrogen (secondary N) is 1. The molecule has 2 heterocycles. The maximum atomic E-state index is 13.2. The van der Waals surface area contributed by atoms with Crippen LogP contribution in [0.2, 0.25) is 0 Å². The number of likely N-dealkylation sites (N-methyl/N-ethyl adjacent to an activating group) is 1. The minimum Gasteiger partial charge on any atom is -0.341 e. The van der Waals surface area contributed by atoms with Crippen LogP contribution in [0.5, 0.6) is 0 Å². The van der Waals surface area contributed by atoms with Crippen molar-refractivity contribution in [2.45, 2.75) is 25.4 Å². The maximum Gasteiger partial charge on any atom is 0.258 e. The molecule has 1 aromatic heterocycles. The highest BCUT2D eigenvalue weighted by Crippen LogP contribution is 2.25. The molecule has 2 aromatic carbocycles. The molecule has 1 unspecified atom stereocenters. The number of aromatic amines is 1. The third-order valence-corrected chi connectivity index (χ3v) is 5.27. The molecule has 1 aliphatic rings. The number of para-hydroxylation sites is 1. The predicted octanol–water partition coefficient (Wildman–Crippen LogP) is 2.72. The first-order valence-electron chi connectivity index (χ1n) is 9.65. The van der Waals surface area contributed by atoms with Gasteiger partial charge in [0.05, 0.1) is 17.4 Å². The van der Waals surface area contributed by atoms with Gasteiger partial charge in [0, 0.05) is 13.1 Å². The summed E-state index contributed by atoms with van der Waals surface area (Å²) in [5, 5.41) is 0.571. The Labute approximate surface area is 163 Å². The first kappa shape index (κ1) is 18.4. The van der Waals surface area contributed by atoms with Crippen molar-refractivity contribution in [1.29, 1.82) is 0 Å². The number of hydrogen-bond donors (Lipinski definition) is 1. The van der Waals surface area contributed by atoms with Crippen molar-refractivity contribution < 1.29 is 4.79 Å². The lowest BCUT2D eigenvalue weighted by Gasteiger charge is -2.30. The summed E-state index contributed by atoms with van der Waals surface area (Å²) in [7, 11) is 1.90. The van der Waals surface area contributed by atoms with Gasteiger partial charge in [0.15, 0.2) is 0 Å². The summed E-state index contributed by atoms with van der Waals surface area (Å²) in [6.45, 7) is 1.99. The van der Waals surface area contributed by atoms with Gasteiger partial charge in [-0.25, -0.2) is 4.98 Å². The summed E-state index contributed by atoms with van der Waals surface area (Å²) >= 11 is 0. The minimum absolute atomic E-state index is 0.106. The zero-order valence-electron chi connectivity index (χ0n) is 16.0. The molecule has 0 bridgehead atoms. The third kappa shape index (κ3) is 3.68. The Morgan fingerprint density at radius 3 is 2.54 bits per heavy atom. The molecule has 1 fully saturated rings. The molecule has 144 valence electrons. The summed E-state index contributed by atoms with van der Waals surface area (Å²) in [5.41, 5.74) is 1.46. The third-order valence-electron chi connectivity index (χ3n) is 5.27. The minimum atomic E-state index is -0.406. The van der Waals surface area contributed by atoms with Crippen LogP contribution in [-0.4, -0.2) is 45.8 Å². The van der Waals surface area contributed by atoms with Crippen LogP contribution in [0.25, 0.3) is 10.9 Å². The number of rotatable bonds is 5. The van der Waals surface area contributed by atoms with E-state index in [0.29, 0.717) is 23.3 Å². The van der Waals surface area contributed by atoms with Gasteiger partial charge in [-0.2, -0.15) is 0 Å². The molecule has 0 spiro atoms. The van der Waals surface area contributed by atoms with Gasteiger partial charge in [-0.1, -0.05) is 42.5 Å². The van der Waals surface area contributed by atoms with E-state index >= 15 is 0 Å². The maximum absolute atomic E-state index is 13.2. The van der Waals surface area contributed by atoms with Crippen LogP contribution in [0.3, 0.4) is 0 Å². The van der Waals surface area contributed by atoms with Crippen molar-refractivity contribution >= 4 is 16.8 Å². The monoisotopic (exact) mass is 376 g/mol. The van der Waals surface area contributed by atoms with Gasteiger partial charge in [-0.15, -0.1) is 0 Å². The molecule has 1 aliphatic heterocycles. The van der Waals surface area contributed by atoms with E-state index in [1.165, 1.54) is 0 Å². The lowest BCUT2D eigenvalue weighted by molar-refractivity contribution is -0.136. The largest absolute Gasteiger partial charge is 0.341 e. The smallest absolute Gasteiger partial charge is 0.258 e. The molecule has 3 aromatic rings. The highest BCUT2D eigenvalue weighted by atomic mass is 16.2. The average molecular weight is 376 g/mol. The van der Waals surface area contributed by atoms with Crippen LogP contribution in [0.1, 0.15) is 30.3 Å². The molecule has 28 heavy (non-hydrogen) atoms. The van der Waals surface area contributed by atoms with Crippen LogP contribution in [0, 0.1) is 0 Å². The van der Waals surface area contributed by atoms with Crippen LogP contribution >= 0.6 is 0 Å². The SMILES string of the molecule is CN(Cc1nc2ccccc2c(=O)[nH]1)C(C(=O)N1CCCC1)c1ccccc1. The van der Waals surface area contributed by atoms with E-state index in [2.05, 4.69) is 9.97 Å². The molecule has 1 amide bonds. The van der Waals surface area contributed by atoms with Crippen molar-refractivity contribution in [3.8, 4) is 0 Å². The van der Waals surface area contributed by atoms with E-state index in [-0.39, 0.29) is 11.5 Å². The van der Waals surface area contributed by atoms with Gasteiger partial charge in [0.2, 0.25) is 5.91 Å². The number of carbonyl (C=O) groups is 1. The topological polar surface area (TPSA) is 69.3 Å². The second-order valence-corrected chi connectivity index (χ2v) is 7.29. The van der Waals surface area contributed by atoms with Gasteiger partial charge in [0.1, 0.15) is 11.9 Å². The van der Waals surface area contributed by atoms with E-state index in [9.17, 15) is 9.59 Å². The molecule has 0 aliphatic carbocycles. The second-order valence-electron chi connectivity index (χ2n) is 7.29. The second kappa shape index (κ2) is 7.94. The van der Waals surface area contributed by atoms with E-state index < -0.39 is 6.04 Å². The summed E-state index contributed by atoms with van der Waals surface area (Å²) in [5.74, 6) is 0.663. The van der Waals surface area contributed by atoms with E-state index in [4.69, 9.17) is 0 Å². The molecule has 6 heteroatoms. The molecule has 4 rings (SSSR count). The van der Waals surface area contributed by atoms with Crippen molar-refractivity contribution in [3.63, 3.8) is 0 Å². The normalized spacial score (nSPS) is 15.3. The average Bonchev–Trinajstić information content (AvgIpc) is 3.24. The number of benzene rings is 2. The van der Waals surface area contributed by atoms with Crippen molar-refractivity contribution in [2.24, 2.45) is 0 Å². The zero-order chi connectivity index (χ0) is 19.5. The molecular weight excluding hydrogens is 352 g/mol. The van der Waals surface area contributed by atoms with Gasteiger partial charge < -0.3 is 9.88 Å². The lowest BCUT2D eigenvalue weighted by Crippen LogP contribution is -2.40. The van der Waals surface area contributed by atoms with E-state index in [0.717, 1.165) is 31.5 Å². The Bertz CT molecular complexity index is 1030. The quantitative estimate of drug-likeness (QED) is 0.743. The summed E-state index contributed by atoms with van der Waals surface area (Å²) in [6, 6.07) is 16.7. The van der Waals surface area contributed by atoms with Crippen LogP contribution in [0.4, 0.5) is 0 Å². The molecule has 1 saturated heterocycles. The number of likely N-dealkylation sites (tertiary alicyclic amines) is 1. The molecule has 1 N–H and O–H groups in total. The zero-order valence-corrected chi connectivity index (χ0v) is 16.0. The number of nitrogens with zero attached hydrogens (tertiary/aromatic N) is 3. The molecule has 0 radical (unpaired) electrons. The predicted molar refractivity (Wildman–Crippen MR) is 109 cm³/mol. The number of amides is 1. The summed E-state index contributed by atoms with van der Waals surface area (Å²) in [4.78, 5) is 37.0. The Morgan fingerprint density at radius 2 is 1.79 bits per heavy atom. The Morgan fingerprint density at radius 1 is 1.11 bits per heavy atom. The van der Waals surface area contributed by atoms with Crippen LogP contribution in [0.15, 0.2) is 59.4 Å². The number of H-pyrrole nitrogens is 1. The molecule has 0 saturated carbocycles. The standard InChI is InChI=1S/C22H24N4O2/c1-25(15-19-23-18-12-6-5-11-17(18)21(27)24-19)20(16-9-3-2-4-10-16)22(28)26-13-7-8-14-26/h2-6,9-12,20H,7-8,13-15H2,1H3,(H,23,24,27). The highest BCUT2D eigenvalue weighted by molar-refractivity contribution is 5.83. The van der Waals surface area contributed by atoms with Gasteiger partial charge in [-0.05, 0) is 37.6 Å². The number of aromatic nitrogens is 2. The van der Waals surface area contributed by atoms with Crippen LogP contribution < -0.4 is 5.56 Å². The Hall–Kier alpha value is -2.99.